The lowest BCUT2D eigenvalue weighted by Gasteiger charge is -2.35. The van der Waals surface area contributed by atoms with Gasteiger partial charge in [-0.2, -0.15) is 13.2 Å². The van der Waals surface area contributed by atoms with E-state index < -0.39 is 12.2 Å². The predicted octanol–water partition coefficient (Wildman–Crippen LogP) is 2.42. The summed E-state index contributed by atoms with van der Waals surface area (Å²) in [7, 11) is 0. The van der Waals surface area contributed by atoms with Gasteiger partial charge in [0.2, 0.25) is 0 Å². The highest BCUT2D eigenvalue weighted by Gasteiger charge is 2.44. The molecule has 1 aliphatic rings. The molecule has 0 bridgehead atoms. The summed E-state index contributed by atoms with van der Waals surface area (Å²) in [4.78, 5) is 1.42. The van der Waals surface area contributed by atoms with E-state index in [0.717, 1.165) is 0 Å². The zero-order valence-electron chi connectivity index (χ0n) is 9.20. The van der Waals surface area contributed by atoms with Gasteiger partial charge >= 0.3 is 6.18 Å². The number of alkyl halides is 3. The molecule has 0 saturated carbocycles. The SMILES string of the molecule is FC(F)(F)C(c1cc[c]cc1)N1CCOCC1. The summed E-state index contributed by atoms with van der Waals surface area (Å²) in [6.07, 6.45) is -4.27. The maximum atomic E-state index is 13.1. The van der Waals surface area contributed by atoms with Crippen LogP contribution < -0.4 is 0 Å². The number of nitrogens with zero attached hydrogens (tertiary/aromatic N) is 1. The highest BCUT2D eigenvalue weighted by Crippen LogP contribution is 2.37. The van der Waals surface area contributed by atoms with E-state index in [1.807, 2.05) is 0 Å². The molecular formula is C12H13F3NO. The third kappa shape index (κ3) is 2.98. The maximum Gasteiger partial charge on any atom is 0.408 e. The van der Waals surface area contributed by atoms with E-state index in [2.05, 4.69) is 6.07 Å². The molecule has 2 rings (SSSR count). The molecule has 0 N–H and O–H groups in total. The van der Waals surface area contributed by atoms with Crippen LogP contribution in [0.25, 0.3) is 0 Å². The van der Waals surface area contributed by atoms with Gasteiger partial charge in [-0.25, -0.2) is 0 Å². The lowest BCUT2D eigenvalue weighted by molar-refractivity contribution is -0.194. The smallest absolute Gasteiger partial charge is 0.379 e. The molecule has 1 heterocycles. The lowest BCUT2D eigenvalue weighted by atomic mass is 10.0. The first-order valence-electron chi connectivity index (χ1n) is 5.43. The number of ether oxygens (including phenoxy) is 1. The van der Waals surface area contributed by atoms with Crippen LogP contribution in [-0.4, -0.2) is 37.4 Å². The second-order valence-electron chi connectivity index (χ2n) is 3.93. The first-order chi connectivity index (χ1) is 8.09. The van der Waals surface area contributed by atoms with Crippen molar-refractivity contribution in [1.29, 1.82) is 0 Å². The van der Waals surface area contributed by atoms with Crippen molar-refractivity contribution in [1.82, 2.24) is 4.90 Å². The van der Waals surface area contributed by atoms with Crippen LogP contribution in [-0.2, 0) is 4.74 Å². The van der Waals surface area contributed by atoms with Crippen LogP contribution in [0.15, 0.2) is 24.3 Å². The highest BCUT2D eigenvalue weighted by atomic mass is 19.4. The fourth-order valence-electron chi connectivity index (χ4n) is 2.02. The highest BCUT2D eigenvalue weighted by molar-refractivity contribution is 5.20. The van der Waals surface area contributed by atoms with Crippen molar-refractivity contribution < 1.29 is 17.9 Å². The number of hydrogen-bond acceptors (Lipinski definition) is 2. The Kier molecular flexibility index (Phi) is 3.69. The van der Waals surface area contributed by atoms with Crippen molar-refractivity contribution in [3.63, 3.8) is 0 Å². The van der Waals surface area contributed by atoms with Crippen molar-refractivity contribution in [3.05, 3.63) is 35.9 Å². The quantitative estimate of drug-likeness (QED) is 0.792. The molecule has 1 aliphatic heterocycles. The molecule has 1 aromatic carbocycles. The molecule has 1 saturated heterocycles. The maximum absolute atomic E-state index is 13.1. The Morgan fingerprint density at radius 1 is 1.18 bits per heavy atom. The average molecular weight is 244 g/mol. The summed E-state index contributed by atoms with van der Waals surface area (Å²) >= 11 is 0. The van der Waals surface area contributed by atoms with Crippen LogP contribution in [0, 0.1) is 6.07 Å². The molecule has 0 spiro atoms. The van der Waals surface area contributed by atoms with Gasteiger partial charge in [-0.05, 0) is 11.6 Å². The number of rotatable bonds is 2. The Morgan fingerprint density at radius 3 is 2.29 bits per heavy atom. The second kappa shape index (κ2) is 5.06. The number of halogens is 3. The molecule has 1 radical (unpaired) electrons. The summed E-state index contributed by atoms with van der Waals surface area (Å²) < 4.78 is 44.4. The number of hydrogen-bond donors (Lipinski definition) is 0. The van der Waals surface area contributed by atoms with Crippen LogP contribution in [0.3, 0.4) is 0 Å². The van der Waals surface area contributed by atoms with E-state index in [0.29, 0.717) is 26.3 Å². The zero-order valence-corrected chi connectivity index (χ0v) is 9.20. The normalized spacial score (nSPS) is 20.2. The van der Waals surface area contributed by atoms with Crippen LogP contribution >= 0.6 is 0 Å². The molecule has 1 atom stereocenters. The van der Waals surface area contributed by atoms with Gasteiger partial charge in [0.05, 0.1) is 13.2 Å². The van der Waals surface area contributed by atoms with Gasteiger partial charge in [-0.3, -0.25) is 4.90 Å². The van der Waals surface area contributed by atoms with E-state index in [4.69, 9.17) is 4.74 Å². The first kappa shape index (κ1) is 12.4. The van der Waals surface area contributed by atoms with Gasteiger partial charge in [-0.1, -0.05) is 24.3 Å². The predicted molar refractivity (Wildman–Crippen MR) is 56.5 cm³/mol. The minimum Gasteiger partial charge on any atom is -0.379 e. The Labute approximate surface area is 98.0 Å². The molecule has 0 amide bonds. The standard InChI is InChI=1S/C12H13F3NO/c13-12(14,15)11(10-4-2-1-3-5-10)16-6-8-17-9-7-16/h2-5,11H,6-9H2. The molecule has 93 valence electrons. The fraction of sp³-hybridized carbons (Fsp3) is 0.500. The van der Waals surface area contributed by atoms with Crippen molar-refractivity contribution >= 4 is 0 Å². The van der Waals surface area contributed by atoms with Gasteiger partial charge in [0.25, 0.3) is 0 Å². The van der Waals surface area contributed by atoms with E-state index in [-0.39, 0.29) is 5.56 Å². The van der Waals surface area contributed by atoms with Gasteiger partial charge in [0.15, 0.2) is 0 Å². The minimum atomic E-state index is -4.27. The van der Waals surface area contributed by atoms with Gasteiger partial charge in [-0.15, -0.1) is 0 Å². The first-order valence-corrected chi connectivity index (χ1v) is 5.43. The lowest BCUT2D eigenvalue weighted by Crippen LogP contribution is -2.44. The number of benzene rings is 1. The van der Waals surface area contributed by atoms with Gasteiger partial charge < -0.3 is 4.74 Å². The molecule has 5 heteroatoms. The molecule has 1 unspecified atom stereocenters. The zero-order chi connectivity index (χ0) is 12.3. The van der Waals surface area contributed by atoms with Gasteiger partial charge in [0, 0.05) is 13.1 Å². The Balaban J connectivity index is 2.25. The molecule has 1 fully saturated rings. The summed E-state index contributed by atoms with van der Waals surface area (Å²) in [6.45, 7) is 1.32. The van der Waals surface area contributed by atoms with Crippen molar-refractivity contribution in [2.75, 3.05) is 26.3 Å². The molecule has 2 nitrogen and oxygen atoms in total. The largest absolute Gasteiger partial charge is 0.408 e. The molecule has 1 aromatic rings. The molecule has 0 aromatic heterocycles. The van der Waals surface area contributed by atoms with E-state index >= 15 is 0 Å². The molecule has 17 heavy (non-hydrogen) atoms. The average Bonchev–Trinajstić information content (AvgIpc) is 2.30. The van der Waals surface area contributed by atoms with Crippen LogP contribution in [0.5, 0.6) is 0 Å². The van der Waals surface area contributed by atoms with Crippen molar-refractivity contribution in [2.24, 2.45) is 0 Å². The van der Waals surface area contributed by atoms with Gasteiger partial charge in [0.1, 0.15) is 6.04 Å². The fourth-order valence-corrected chi connectivity index (χ4v) is 2.02. The topological polar surface area (TPSA) is 12.5 Å². The van der Waals surface area contributed by atoms with E-state index in [1.54, 1.807) is 0 Å². The van der Waals surface area contributed by atoms with E-state index in [9.17, 15) is 13.2 Å². The second-order valence-corrected chi connectivity index (χ2v) is 3.93. The Bertz CT molecular complexity index is 347. The molecular weight excluding hydrogens is 231 g/mol. The minimum absolute atomic E-state index is 0.262. The summed E-state index contributed by atoms with van der Waals surface area (Å²) in [5.41, 5.74) is 0.262. The van der Waals surface area contributed by atoms with Crippen molar-refractivity contribution in [3.8, 4) is 0 Å². The van der Waals surface area contributed by atoms with Crippen LogP contribution in [0.2, 0.25) is 0 Å². The third-order valence-electron chi connectivity index (χ3n) is 2.78. The number of morpholine rings is 1. The van der Waals surface area contributed by atoms with Crippen molar-refractivity contribution in [2.45, 2.75) is 12.2 Å². The van der Waals surface area contributed by atoms with Crippen LogP contribution in [0.4, 0.5) is 13.2 Å². The third-order valence-corrected chi connectivity index (χ3v) is 2.78. The summed E-state index contributed by atoms with van der Waals surface area (Å²) in [5, 5.41) is 0. The van der Waals surface area contributed by atoms with E-state index in [1.165, 1.54) is 29.2 Å². The Hall–Kier alpha value is -1.07. The summed E-state index contributed by atoms with van der Waals surface area (Å²) in [6, 6.07) is 7.14. The Morgan fingerprint density at radius 2 is 1.76 bits per heavy atom. The summed E-state index contributed by atoms with van der Waals surface area (Å²) in [5.74, 6) is 0. The van der Waals surface area contributed by atoms with Crippen LogP contribution in [0.1, 0.15) is 11.6 Å². The molecule has 0 aliphatic carbocycles. The monoisotopic (exact) mass is 244 g/mol.